The molecule has 8 heteroatoms. The zero-order valence-electron chi connectivity index (χ0n) is 20.9. The lowest BCUT2D eigenvalue weighted by molar-refractivity contribution is 0.269. The second-order valence-electron chi connectivity index (χ2n) is 10.1. The van der Waals surface area contributed by atoms with E-state index in [9.17, 15) is 0 Å². The van der Waals surface area contributed by atoms with Gasteiger partial charge in [0, 0.05) is 17.3 Å². The Balaban J connectivity index is 1.25. The van der Waals surface area contributed by atoms with Gasteiger partial charge in [0.2, 0.25) is 11.9 Å². The second kappa shape index (κ2) is 9.35. The Labute approximate surface area is 211 Å². The van der Waals surface area contributed by atoms with Crippen molar-refractivity contribution in [2.75, 3.05) is 25.1 Å². The first-order valence-corrected chi connectivity index (χ1v) is 12.8. The van der Waals surface area contributed by atoms with Gasteiger partial charge < -0.3 is 16.0 Å². The molecule has 2 aromatic heterocycles. The molecule has 0 saturated carbocycles. The molecule has 0 radical (unpaired) electrons. The molecule has 2 heterocycles. The van der Waals surface area contributed by atoms with Gasteiger partial charge in [-0.2, -0.15) is 9.67 Å². The van der Waals surface area contributed by atoms with Gasteiger partial charge in [-0.05, 0) is 99.5 Å². The molecule has 0 aliphatic heterocycles. The van der Waals surface area contributed by atoms with Crippen LogP contribution < -0.4 is 11.1 Å². The number of hydrogen-bond donors (Lipinski definition) is 2. The third-order valence-corrected chi connectivity index (χ3v) is 7.56. The van der Waals surface area contributed by atoms with E-state index in [-0.39, 0.29) is 5.95 Å². The van der Waals surface area contributed by atoms with E-state index in [1.807, 2.05) is 6.07 Å². The van der Waals surface area contributed by atoms with Crippen molar-refractivity contribution in [1.29, 1.82) is 0 Å². The van der Waals surface area contributed by atoms with Crippen LogP contribution in [0.4, 0.5) is 17.6 Å². The molecule has 3 N–H and O–H groups in total. The number of aromatic nitrogens is 5. The molecule has 4 aromatic rings. The minimum absolute atomic E-state index is 0.282. The van der Waals surface area contributed by atoms with E-state index >= 15 is 0 Å². The van der Waals surface area contributed by atoms with Crippen LogP contribution in [0.3, 0.4) is 0 Å². The standard InChI is InChI=1S/C28H32N8/c1-35(2)23-14-11-18-10-13-22(16-20(18)12-15-23)30-28-31-27(29)36(34-28)25-17-21-8-5-7-19-6-3-4-9-24(19)26(21)33-32-25/h3-4,6,9-10,13,16-17,23H,5,7-8,11-12,14-15H2,1-2H3,(H3,29,30,31,34). The molecule has 2 aromatic carbocycles. The molecule has 0 bridgehead atoms. The fourth-order valence-corrected chi connectivity index (χ4v) is 5.54. The van der Waals surface area contributed by atoms with Crippen molar-refractivity contribution in [3.8, 4) is 17.1 Å². The van der Waals surface area contributed by atoms with Crippen molar-refractivity contribution in [2.45, 2.75) is 51.0 Å². The van der Waals surface area contributed by atoms with Gasteiger partial charge in [0.1, 0.15) is 0 Å². The van der Waals surface area contributed by atoms with Crippen LogP contribution in [0.15, 0.2) is 48.5 Å². The first kappa shape index (κ1) is 22.7. The highest BCUT2D eigenvalue weighted by Gasteiger charge is 2.20. The molecule has 0 amide bonds. The van der Waals surface area contributed by atoms with Crippen LogP contribution in [0.2, 0.25) is 0 Å². The lowest BCUT2D eigenvalue weighted by Crippen LogP contribution is -2.27. The maximum Gasteiger partial charge on any atom is 0.248 e. The fraction of sp³-hybridized carbons (Fsp3) is 0.357. The van der Waals surface area contributed by atoms with Crippen molar-refractivity contribution < 1.29 is 0 Å². The number of benzene rings is 2. The van der Waals surface area contributed by atoms with Crippen LogP contribution in [-0.2, 0) is 25.7 Å². The smallest absolute Gasteiger partial charge is 0.248 e. The minimum atomic E-state index is 0.282. The molecule has 36 heavy (non-hydrogen) atoms. The van der Waals surface area contributed by atoms with Gasteiger partial charge in [0.05, 0.1) is 5.69 Å². The number of anilines is 3. The van der Waals surface area contributed by atoms with E-state index in [0.717, 1.165) is 54.6 Å². The molecule has 2 aliphatic carbocycles. The molecule has 1 unspecified atom stereocenters. The first-order chi connectivity index (χ1) is 17.5. The molecule has 0 spiro atoms. The summed E-state index contributed by atoms with van der Waals surface area (Å²) in [6.45, 7) is 0. The largest absolute Gasteiger partial charge is 0.368 e. The minimum Gasteiger partial charge on any atom is -0.368 e. The molecule has 0 fully saturated rings. The van der Waals surface area contributed by atoms with Crippen LogP contribution in [0.1, 0.15) is 41.5 Å². The predicted octanol–water partition coefficient (Wildman–Crippen LogP) is 4.35. The Morgan fingerprint density at radius 3 is 2.56 bits per heavy atom. The van der Waals surface area contributed by atoms with Gasteiger partial charge in [0.25, 0.3) is 0 Å². The zero-order chi connectivity index (χ0) is 24.6. The molecule has 6 rings (SSSR count). The number of hydrogen-bond acceptors (Lipinski definition) is 7. The summed E-state index contributed by atoms with van der Waals surface area (Å²) < 4.78 is 1.57. The molecule has 0 saturated heterocycles. The van der Waals surface area contributed by atoms with E-state index in [1.54, 1.807) is 4.68 Å². The summed E-state index contributed by atoms with van der Waals surface area (Å²) in [5.41, 5.74) is 14.7. The summed E-state index contributed by atoms with van der Waals surface area (Å²) >= 11 is 0. The van der Waals surface area contributed by atoms with Crippen LogP contribution in [-0.4, -0.2) is 50.0 Å². The number of rotatable bonds is 4. The van der Waals surface area contributed by atoms with Crippen molar-refractivity contribution in [3.05, 3.63) is 70.8 Å². The number of aryl methyl sites for hydroxylation is 4. The average Bonchev–Trinajstić information content (AvgIpc) is 3.03. The lowest BCUT2D eigenvalue weighted by atomic mass is 10.0. The highest BCUT2D eigenvalue weighted by Crippen LogP contribution is 2.31. The summed E-state index contributed by atoms with van der Waals surface area (Å²) in [6.07, 6.45) is 7.61. The first-order valence-electron chi connectivity index (χ1n) is 12.8. The highest BCUT2D eigenvalue weighted by molar-refractivity contribution is 5.68. The second-order valence-corrected chi connectivity index (χ2v) is 10.1. The molecule has 2 aliphatic rings. The Kier molecular flexibility index (Phi) is 5.89. The summed E-state index contributed by atoms with van der Waals surface area (Å²) in [5.74, 6) is 1.32. The fourth-order valence-electron chi connectivity index (χ4n) is 5.54. The predicted molar refractivity (Wildman–Crippen MR) is 143 cm³/mol. The summed E-state index contributed by atoms with van der Waals surface area (Å²) in [4.78, 5) is 6.80. The zero-order valence-corrected chi connectivity index (χ0v) is 20.9. The maximum absolute atomic E-state index is 6.26. The van der Waals surface area contributed by atoms with Crippen LogP contribution in [0, 0.1) is 0 Å². The Hall–Kier alpha value is -3.78. The topological polar surface area (TPSA) is 97.8 Å². The van der Waals surface area contributed by atoms with E-state index < -0.39 is 0 Å². The maximum atomic E-state index is 6.26. The highest BCUT2D eigenvalue weighted by atomic mass is 15.4. The van der Waals surface area contributed by atoms with Gasteiger partial charge in [-0.1, -0.05) is 30.3 Å². The normalized spacial score (nSPS) is 17.0. The van der Waals surface area contributed by atoms with Crippen molar-refractivity contribution in [3.63, 3.8) is 0 Å². The molecular weight excluding hydrogens is 448 g/mol. The number of nitrogen functional groups attached to an aromatic ring is 1. The Morgan fingerprint density at radius 2 is 1.69 bits per heavy atom. The van der Waals surface area contributed by atoms with E-state index in [2.05, 4.69) is 87.1 Å². The Bertz CT molecular complexity index is 1410. The van der Waals surface area contributed by atoms with Crippen molar-refractivity contribution in [1.82, 2.24) is 29.9 Å². The van der Waals surface area contributed by atoms with E-state index in [4.69, 9.17) is 5.73 Å². The molecule has 184 valence electrons. The van der Waals surface area contributed by atoms with Gasteiger partial charge in [-0.15, -0.1) is 15.3 Å². The number of nitrogens with zero attached hydrogens (tertiary/aromatic N) is 6. The van der Waals surface area contributed by atoms with Gasteiger partial charge in [0.15, 0.2) is 5.82 Å². The van der Waals surface area contributed by atoms with Crippen LogP contribution in [0.5, 0.6) is 0 Å². The van der Waals surface area contributed by atoms with Crippen LogP contribution >= 0.6 is 0 Å². The monoisotopic (exact) mass is 480 g/mol. The molecule has 8 nitrogen and oxygen atoms in total. The SMILES string of the molecule is CN(C)C1CCc2ccc(Nc3nc(N)n(-c4cc5c(nn4)-c4ccccc4CCC5)n3)cc2CC1. The molecular formula is C28H32N8. The summed E-state index contributed by atoms with van der Waals surface area (Å²) in [7, 11) is 4.35. The van der Waals surface area contributed by atoms with Gasteiger partial charge >= 0.3 is 0 Å². The van der Waals surface area contributed by atoms with Gasteiger partial charge in [-0.3, -0.25) is 0 Å². The van der Waals surface area contributed by atoms with Crippen LogP contribution in [0.25, 0.3) is 17.1 Å². The third-order valence-electron chi connectivity index (χ3n) is 7.56. The van der Waals surface area contributed by atoms with E-state index in [1.165, 1.54) is 29.5 Å². The van der Waals surface area contributed by atoms with Gasteiger partial charge in [-0.25, -0.2) is 0 Å². The average molecular weight is 481 g/mol. The summed E-state index contributed by atoms with van der Waals surface area (Å²) in [6, 6.07) is 17.7. The third kappa shape index (κ3) is 4.33. The lowest BCUT2D eigenvalue weighted by Gasteiger charge is -2.21. The van der Waals surface area contributed by atoms with E-state index in [0.29, 0.717) is 17.8 Å². The number of nitrogens with one attached hydrogen (secondary N) is 1. The Morgan fingerprint density at radius 1 is 0.889 bits per heavy atom. The molecule has 1 atom stereocenters. The van der Waals surface area contributed by atoms with Crippen molar-refractivity contribution in [2.24, 2.45) is 0 Å². The quantitative estimate of drug-likeness (QED) is 0.419. The summed E-state index contributed by atoms with van der Waals surface area (Å²) in [5, 5.41) is 17.0. The van der Waals surface area contributed by atoms with Crippen molar-refractivity contribution >= 4 is 17.6 Å². The number of nitrogens with two attached hydrogens (primary N) is 1. The number of fused-ring (bicyclic) bond motifs is 4.